The molecule has 2 aliphatic heterocycles. The van der Waals surface area contributed by atoms with Gasteiger partial charge in [0, 0.05) is 43.3 Å². The van der Waals surface area contributed by atoms with Crippen LogP contribution in [0.4, 0.5) is 5.82 Å². The lowest BCUT2D eigenvalue weighted by Gasteiger charge is -2.33. The van der Waals surface area contributed by atoms with Crippen LogP contribution in [-0.2, 0) is 4.74 Å². The van der Waals surface area contributed by atoms with Crippen molar-refractivity contribution in [1.29, 1.82) is 0 Å². The van der Waals surface area contributed by atoms with E-state index in [-0.39, 0.29) is 12.0 Å². The van der Waals surface area contributed by atoms with E-state index in [0.717, 1.165) is 30.2 Å². The highest BCUT2D eigenvalue weighted by atomic mass is 16.5. The van der Waals surface area contributed by atoms with E-state index in [4.69, 9.17) is 4.74 Å². The number of aromatic nitrogens is 2. The van der Waals surface area contributed by atoms with Crippen LogP contribution in [0.3, 0.4) is 0 Å². The van der Waals surface area contributed by atoms with Gasteiger partial charge in [-0.3, -0.25) is 9.78 Å². The van der Waals surface area contributed by atoms with Crippen LogP contribution in [0.1, 0.15) is 40.6 Å². The normalized spacial score (nSPS) is 20.4. The van der Waals surface area contributed by atoms with Crippen molar-refractivity contribution in [3.05, 3.63) is 53.5 Å². The van der Waals surface area contributed by atoms with E-state index < -0.39 is 0 Å². The number of anilines is 1. The second kappa shape index (κ2) is 7.41. The monoisotopic (exact) mass is 352 g/mol. The molecule has 0 aliphatic carbocycles. The van der Waals surface area contributed by atoms with Crippen LogP contribution < -0.4 is 4.90 Å². The number of carbonyl (C=O) groups excluding carboxylic acids is 1. The molecule has 2 aliphatic rings. The molecule has 6 heteroatoms. The predicted molar refractivity (Wildman–Crippen MR) is 99.3 cm³/mol. The molecule has 0 N–H and O–H groups in total. The van der Waals surface area contributed by atoms with Gasteiger partial charge in [0.2, 0.25) is 0 Å². The van der Waals surface area contributed by atoms with Crippen molar-refractivity contribution in [1.82, 2.24) is 14.9 Å². The molecule has 1 atom stereocenters. The molecule has 0 aromatic carbocycles. The van der Waals surface area contributed by atoms with Gasteiger partial charge < -0.3 is 14.5 Å². The average molecular weight is 352 g/mol. The quantitative estimate of drug-likeness (QED) is 0.850. The van der Waals surface area contributed by atoms with Crippen LogP contribution in [0, 0.1) is 6.92 Å². The Morgan fingerprint density at radius 2 is 1.92 bits per heavy atom. The summed E-state index contributed by atoms with van der Waals surface area (Å²) in [6.07, 6.45) is 5.81. The third-order valence-electron chi connectivity index (χ3n) is 5.07. The minimum atomic E-state index is -0.103. The molecule has 0 unspecified atom stereocenters. The summed E-state index contributed by atoms with van der Waals surface area (Å²) < 4.78 is 5.90. The van der Waals surface area contributed by atoms with Crippen molar-refractivity contribution in [3.8, 4) is 0 Å². The first kappa shape index (κ1) is 17.0. The Labute approximate surface area is 153 Å². The second-order valence-corrected chi connectivity index (χ2v) is 6.94. The van der Waals surface area contributed by atoms with Gasteiger partial charge in [0.25, 0.3) is 5.91 Å². The van der Waals surface area contributed by atoms with Gasteiger partial charge >= 0.3 is 0 Å². The highest BCUT2D eigenvalue weighted by molar-refractivity contribution is 5.95. The number of amides is 1. The van der Waals surface area contributed by atoms with Crippen molar-refractivity contribution < 1.29 is 9.53 Å². The van der Waals surface area contributed by atoms with Crippen molar-refractivity contribution in [2.45, 2.75) is 25.9 Å². The van der Waals surface area contributed by atoms with Crippen molar-refractivity contribution in [2.24, 2.45) is 0 Å². The Morgan fingerprint density at radius 3 is 2.73 bits per heavy atom. The molecule has 4 rings (SSSR count). The lowest BCUT2D eigenvalue weighted by Crippen LogP contribution is -2.42. The summed E-state index contributed by atoms with van der Waals surface area (Å²) in [4.78, 5) is 25.8. The first-order valence-corrected chi connectivity index (χ1v) is 9.25. The molecule has 1 amide bonds. The zero-order valence-corrected chi connectivity index (χ0v) is 15.1. The van der Waals surface area contributed by atoms with E-state index >= 15 is 0 Å². The van der Waals surface area contributed by atoms with Crippen molar-refractivity contribution in [2.75, 3.05) is 37.7 Å². The summed E-state index contributed by atoms with van der Waals surface area (Å²) in [5.41, 5.74) is 2.73. The molecule has 0 saturated carbocycles. The Balaban J connectivity index is 1.50. The number of rotatable bonds is 3. The second-order valence-electron chi connectivity index (χ2n) is 6.94. The topological polar surface area (TPSA) is 58.6 Å². The molecular formula is C20H24N4O2. The summed E-state index contributed by atoms with van der Waals surface area (Å²) in [5, 5.41) is 0. The summed E-state index contributed by atoms with van der Waals surface area (Å²) in [6.45, 7) is 5.72. The molecule has 4 heterocycles. The minimum Gasteiger partial charge on any atom is -0.370 e. The maximum absolute atomic E-state index is 13.0. The molecule has 2 fully saturated rings. The van der Waals surface area contributed by atoms with Gasteiger partial charge in [-0.1, -0.05) is 0 Å². The van der Waals surface area contributed by atoms with E-state index in [2.05, 4.69) is 14.9 Å². The van der Waals surface area contributed by atoms with Gasteiger partial charge in [-0.15, -0.1) is 0 Å². The molecule has 0 radical (unpaired) electrons. The van der Waals surface area contributed by atoms with Crippen LogP contribution >= 0.6 is 0 Å². The molecule has 2 saturated heterocycles. The average Bonchev–Trinajstić information content (AvgIpc) is 3.22. The van der Waals surface area contributed by atoms with Gasteiger partial charge in [-0.05, 0) is 49.6 Å². The number of aryl methyl sites for hydroxylation is 1. The van der Waals surface area contributed by atoms with E-state index in [1.807, 2.05) is 36.1 Å². The van der Waals surface area contributed by atoms with Gasteiger partial charge in [0.15, 0.2) is 0 Å². The standard InChI is InChI=1S/C20H24N4O2/c1-15-12-16(4-6-21-15)18-14-24(10-11-26-18)20(25)17-5-7-22-19(13-17)23-8-2-3-9-23/h4-7,12-13,18H,2-3,8-11,14H2,1H3/t18-/m0/s1. The summed E-state index contributed by atoms with van der Waals surface area (Å²) >= 11 is 0. The number of hydrogen-bond acceptors (Lipinski definition) is 5. The molecule has 26 heavy (non-hydrogen) atoms. The van der Waals surface area contributed by atoms with Crippen LogP contribution in [0.25, 0.3) is 0 Å². The number of morpholine rings is 1. The zero-order valence-electron chi connectivity index (χ0n) is 15.1. The lowest BCUT2D eigenvalue weighted by atomic mass is 10.1. The fourth-order valence-electron chi connectivity index (χ4n) is 3.66. The van der Waals surface area contributed by atoms with Crippen LogP contribution in [0.15, 0.2) is 36.7 Å². The number of nitrogens with zero attached hydrogens (tertiary/aromatic N) is 4. The Kier molecular flexibility index (Phi) is 4.84. The smallest absolute Gasteiger partial charge is 0.254 e. The highest BCUT2D eigenvalue weighted by Crippen LogP contribution is 2.24. The fourth-order valence-corrected chi connectivity index (χ4v) is 3.66. The number of pyridine rings is 2. The van der Waals surface area contributed by atoms with Crippen molar-refractivity contribution >= 4 is 11.7 Å². The number of carbonyl (C=O) groups is 1. The van der Waals surface area contributed by atoms with Crippen molar-refractivity contribution in [3.63, 3.8) is 0 Å². The Hall–Kier alpha value is -2.47. The highest BCUT2D eigenvalue weighted by Gasteiger charge is 2.27. The fraction of sp³-hybridized carbons (Fsp3) is 0.450. The van der Waals surface area contributed by atoms with Gasteiger partial charge in [0.05, 0.1) is 13.2 Å². The summed E-state index contributed by atoms with van der Waals surface area (Å²) in [6, 6.07) is 7.72. The summed E-state index contributed by atoms with van der Waals surface area (Å²) in [5.74, 6) is 0.954. The minimum absolute atomic E-state index is 0.0481. The maximum Gasteiger partial charge on any atom is 0.254 e. The molecule has 2 aromatic rings. The number of hydrogen-bond donors (Lipinski definition) is 0. The zero-order chi connectivity index (χ0) is 17.9. The van der Waals surface area contributed by atoms with Gasteiger partial charge in [0.1, 0.15) is 11.9 Å². The van der Waals surface area contributed by atoms with Crippen LogP contribution in [-0.4, -0.2) is 53.6 Å². The van der Waals surface area contributed by atoms with E-state index in [9.17, 15) is 4.79 Å². The number of ether oxygens (including phenoxy) is 1. The Bertz CT molecular complexity index is 789. The molecule has 2 aromatic heterocycles. The summed E-state index contributed by atoms with van der Waals surface area (Å²) in [7, 11) is 0. The molecule has 136 valence electrons. The molecular weight excluding hydrogens is 328 g/mol. The SMILES string of the molecule is Cc1cc([C@@H]2CN(C(=O)c3ccnc(N4CCCC4)c3)CCO2)ccn1. The predicted octanol–water partition coefficient (Wildman–Crippen LogP) is 2.60. The van der Waals surface area contributed by atoms with Crippen LogP contribution in [0.2, 0.25) is 0 Å². The lowest BCUT2D eigenvalue weighted by molar-refractivity contribution is -0.0228. The largest absolute Gasteiger partial charge is 0.370 e. The molecule has 0 bridgehead atoms. The van der Waals surface area contributed by atoms with E-state index in [0.29, 0.717) is 25.3 Å². The van der Waals surface area contributed by atoms with E-state index in [1.54, 1.807) is 12.4 Å². The van der Waals surface area contributed by atoms with E-state index in [1.165, 1.54) is 12.8 Å². The Morgan fingerprint density at radius 1 is 1.12 bits per heavy atom. The molecule has 0 spiro atoms. The molecule has 6 nitrogen and oxygen atoms in total. The first-order chi connectivity index (χ1) is 12.7. The van der Waals surface area contributed by atoms with Gasteiger partial charge in [-0.2, -0.15) is 0 Å². The maximum atomic E-state index is 13.0. The van der Waals surface area contributed by atoms with Gasteiger partial charge in [-0.25, -0.2) is 4.98 Å². The third kappa shape index (κ3) is 3.55. The van der Waals surface area contributed by atoms with Crippen LogP contribution in [0.5, 0.6) is 0 Å². The first-order valence-electron chi connectivity index (χ1n) is 9.25. The third-order valence-corrected chi connectivity index (χ3v) is 5.07.